The van der Waals surface area contributed by atoms with E-state index in [2.05, 4.69) is 62.1 Å². The number of aliphatic carboxylic acids is 1. The number of fused-ring (bicyclic) bond motifs is 1. The number of hydrogen-bond acceptors (Lipinski definition) is 3. The molecule has 156 valence electrons. The highest BCUT2D eigenvalue weighted by molar-refractivity contribution is 5.88. The van der Waals surface area contributed by atoms with Crippen LogP contribution in [0.2, 0.25) is 0 Å². The maximum absolute atomic E-state index is 11.0. The van der Waals surface area contributed by atoms with Crippen molar-refractivity contribution in [2.75, 3.05) is 13.1 Å². The molecule has 1 aliphatic heterocycles. The summed E-state index contributed by atoms with van der Waals surface area (Å²) in [6.45, 7) is 9.15. The minimum absolute atomic E-state index is 0.205. The minimum Gasteiger partial charge on any atom is -0.490 e. The van der Waals surface area contributed by atoms with E-state index in [1.54, 1.807) is 0 Å². The summed E-state index contributed by atoms with van der Waals surface area (Å²) in [6.07, 6.45) is 5.08. The molecule has 0 amide bonds. The van der Waals surface area contributed by atoms with Gasteiger partial charge in [-0.3, -0.25) is 9.69 Å². The highest BCUT2D eigenvalue weighted by Crippen LogP contribution is 2.39. The van der Waals surface area contributed by atoms with Crippen molar-refractivity contribution in [3.63, 3.8) is 0 Å². The molecule has 1 N–H and O–H groups in total. The van der Waals surface area contributed by atoms with Crippen molar-refractivity contribution in [2.45, 2.75) is 59.1 Å². The fourth-order valence-corrected chi connectivity index (χ4v) is 4.84. The Balaban J connectivity index is 1.40. The zero-order valence-electron chi connectivity index (χ0n) is 17.9. The number of hydrogen-bond donors (Lipinski definition) is 1. The highest BCUT2D eigenvalue weighted by Gasteiger charge is 2.32. The predicted octanol–water partition coefficient (Wildman–Crippen LogP) is 5.34. The Bertz CT molecular complexity index is 871. The van der Waals surface area contributed by atoms with Crippen molar-refractivity contribution in [1.29, 1.82) is 0 Å². The van der Waals surface area contributed by atoms with Gasteiger partial charge in [-0.05, 0) is 60.1 Å². The number of benzene rings is 2. The maximum atomic E-state index is 11.0. The Kier molecular flexibility index (Phi) is 5.56. The molecule has 1 heterocycles. The lowest BCUT2D eigenvalue weighted by molar-refractivity contribution is -0.147. The van der Waals surface area contributed by atoms with E-state index in [9.17, 15) is 4.79 Å². The van der Waals surface area contributed by atoms with Crippen LogP contribution >= 0.6 is 0 Å². The Hall–Kier alpha value is -2.07. The Morgan fingerprint density at radius 2 is 1.83 bits per heavy atom. The molecule has 2 aromatic rings. The summed E-state index contributed by atoms with van der Waals surface area (Å²) in [7, 11) is 0. The van der Waals surface area contributed by atoms with Gasteiger partial charge < -0.3 is 9.84 Å². The SMILES string of the molecule is CC(C)(C)[C@H]1CC[C@H](Oc2cccc3cc(CN4CC(C(=O)O)C4)ccc23)CC1. The van der Waals surface area contributed by atoms with Crippen molar-refractivity contribution < 1.29 is 14.6 Å². The van der Waals surface area contributed by atoms with Crippen molar-refractivity contribution in [3.05, 3.63) is 42.0 Å². The molecule has 0 radical (unpaired) electrons. The van der Waals surface area contributed by atoms with Gasteiger partial charge in [0.1, 0.15) is 5.75 Å². The minimum atomic E-state index is -0.682. The summed E-state index contributed by atoms with van der Waals surface area (Å²) in [5, 5.41) is 11.4. The number of ether oxygens (including phenoxy) is 1. The Labute approximate surface area is 173 Å². The zero-order valence-corrected chi connectivity index (χ0v) is 17.9. The third-order valence-electron chi connectivity index (χ3n) is 6.81. The van der Waals surface area contributed by atoms with Crippen LogP contribution in [-0.2, 0) is 11.3 Å². The lowest BCUT2D eigenvalue weighted by Crippen LogP contribution is -2.49. The smallest absolute Gasteiger partial charge is 0.309 e. The van der Waals surface area contributed by atoms with Gasteiger partial charge in [0.15, 0.2) is 0 Å². The average Bonchev–Trinajstić information content (AvgIpc) is 2.64. The first-order valence-corrected chi connectivity index (χ1v) is 10.9. The van der Waals surface area contributed by atoms with E-state index in [4.69, 9.17) is 9.84 Å². The number of nitrogens with zero attached hydrogens (tertiary/aromatic N) is 1. The van der Waals surface area contributed by atoms with Crippen molar-refractivity contribution in [3.8, 4) is 5.75 Å². The molecular formula is C25H33NO3. The molecule has 1 saturated carbocycles. The van der Waals surface area contributed by atoms with Crippen LogP contribution in [0.15, 0.2) is 36.4 Å². The van der Waals surface area contributed by atoms with Crippen LogP contribution < -0.4 is 4.74 Å². The number of rotatable bonds is 5. The van der Waals surface area contributed by atoms with Crippen LogP contribution in [0.25, 0.3) is 10.8 Å². The molecule has 0 unspecified atom stereocenters. The summed E-state index contributed by atoms with van der Waals surface area (Å²) in [5.74, 6) is 0.893. The fourth-order valence-electron chi connectivity index (χ4n) is 4.84. The molecule has 29 heavy (non-hydrogen) atoms. The molecule has 0 aromatic heterocycles. The molecule has 0 atom stereocenters. The van der Waals surface area contributed by atoms with Gasteiger partial charge >= 0.3 is 5.97 Å². The third-order valence-corrected chi connectivity index (χ3v) is 6.81. The topological polar surface area (TPSA) is 49.8 Å². The first kappa shape index (κ1) is 20.2. The van der Waals surface area contributed by atoms with Crippen LogP contribution in [0.5, 0.6) is 5.75 Å². The molecular weight excluding hydrogens is 362 g/mol. The van der Waals surface area contributed by atoms with Crippen molar-refractivity contribution >= 4 is 16.7 Å². The van der Waals surface area contributed by atoms with Crippen LogP contribution in [0.1, 0.15) is 52.0 Å². The number of carboxylic acids is 1. The molecule has 2 aromatic carbocycles. The van der Waals surface area contributed by atoms with Crippen LogP contribution in [0, 0.1) is 17.3 Å². The van der Waals surface area contributed by atoms with Gasteiger partial charge in [-0.1, -0.05) is 45.0 Å². The first-order valence-electron chi connectivity index (χ1n) is 10.9. The van der Waals surface area contributed by atoms with E-state index < -0.39 is 5.97 Å². The van der Waals surface area contributed by atoms with Crippen molar-refractivity contribution in [2.24, 2.45) is 17.3 Å². The van der Waals surface area contributed by atoms with Crippen LogP contribution in [0.3, 0.4) is 0 Å². The maximum Gasteiger partial charge on any atom is 0.309 e. The van der Waals surface area contributed by atoms with Gasteiger partial charge in [-0.25, -0.2) is 0 Å². The van der Waals surface area contributed by atoms with Gasteiger partial charge in [0.25, 0.3) is 0 Å². The highest BCUT2D eigenvalue weighted by atomic mass is 16.5. The monoisotopic (exact) mass is 395 g/mol. The van der Waals surface area contributed by atoms with Gasteiger partial charge in [0.05, 0.1) is 12.0 Å². The lowest BCUT2D eigenvalue weighted by atomic mass is 9.72. The molecule has 4 nitrogen and oxygen atoms in total. The van der Waals surface area contributed by atoms with Crippen LogP contribution in [0.4, 0.5) is 0 Å². The second-order valence-corrected chi connectivity index (χ2v) is 10.00. The van der Waals surface area contributed by atoms with Gasteiger partial charge in [-0.2, -0.15) is 0 Å². The first-order chi connectivity index (χ1) is 13.8. The molecule has 2 aliphatic rings. The molecule has 0 spiro atoms. The standard InChI is InChI=1S/C25H33NO3/c1-25(2,3)20-8-10-21(11-9-20)29-23-6-4-5-18-13-17(7-12-22(18)23)14-26-15-19(16-26)24(27)28/h4-7,12-13,19-21H,8-11,14-16H2,1-3H3,(H,27,28)/t20-,21-. The molecule has 2 fully saturated rings. The normalized spacial score (nSPS) is 23.7. The molecule has 4 heteroatoms. The van der Waals surface area contributed by atoms with E-state index in [0.717, 1.165) is 31.1 Å². The van der Waals surface area contributed by atoms with E-state index in [0.29, 0.717) is 24.6 Å². The van der Waals surface area contributed by atoms with E-state index in [-0.39, 0.29) is 5.92 Å². The van der Waals surface area contributed by atoms with Gasteiger partial charge in [-0.15, -0.1) is 0 Å². The zero-order chi connectivity index (χ0) is 20.6. The van der Waals surface area contributed by atoms with Crippen molar-refractivity contribution in [1.82, 2.24) is 4.90 Å². The summed E-state index contributed by atoms with van der Waals surface area (Å²) >= 11 is 0. The van der Waals surface area contributed by atoms with E-state index >= 15 is 0 Å². The molecule has 1 saturated heterocycles. The molecule has 0 bridgehead atoms. The lowest BCUT2D eigenvalue weighted by Gasteiger charge is -2.37. The van der Waals surface area contributed by atoms with Crippen LogP contribution in [-0.4, -0.2) is 35.2 Å². The quantitative estimate of drug-likeness (QED) is 0.742. The Morgan fingerprint density at radius 3 is 2.48 bits per heavy atom. The number of likely N-dealkylation sites (tertiary alicyclic amines) is 1. The third kappa shape index (κ3) is 4.58. The van der Waals surface area contributed by atoms with Gasteiger partial charge in [0.2, 0.25) is 0 Å². The fraction of sp³-hybridized carbons (Fsp3) is 0.560. The molecule has 4 rings (SSSR count). The van der Waals surface area contributed by atoms with Gasteiger partial charge in [0, 0.05) is 25.0 Å². The largest absolute Gasteiger partial charge is 0.490 e. The number of carboxylic acid groups (broad SMARTS) is 1. The second-order valence-electron chi connectivity index (χ2n) is 10.00. The average molecular weight is 396 g/mol. The predicted molar refractivity (Wildman–Crippen MR) is 116 cm³/mol. The number of carbonyl (C=O) groups is 1. The van der Waals surface area contributed by atoms with E-state index in [1.807, 2.05) is 0 Å². The summed E-state index contributed by atoms with van der Waals surface area (Å²) in [6, 6.07) is 12.8. The van der Waals surface area contributed by atoms with E-state index in [1.165, 1.54) is 29.2 Å². The Morgan fingerprint density at radius 1 is 1.10 bits per heavy atom. The summed E-state index contributed by atoms with van der Waals surface area (Å²) in [4.78, 5) is 13.2. The second kappa shape index (κ2) is 7.98. The molecule has 1 aliphatic carbocycles. The summed E-state index contributed by atoms with van der Waals surface area (Å²) < 4.78 is 6.45. The summed E-state index contributed by atoms with van der Waals surface area (Å²) in [5.41, 5.74) is 1.62.